The van der Waals surface area contributed by atoms with Gasteiger partial charge in [-0.3, -0.25) is 4.79 Å². The van der Waals surface area contributed by atoms with Crippen molar-refractivity contribution in [3.63, 3.8) is 0 Å². The standard InChI is InChI=1S/C12H14ClFN2O3S/c1-16(6-7-2-3-7)12(17)9-4-8(13)5-10(11(9)14)20(15,18)19/h4-5,7H,2-3,6H2,1H3,(H2,15,18,19). The van der Waals surface area contributed by atoms with Gasteiger partial charge in [0.25, 0.3) is 5.91 Å². The van der Waals surface area contributed by atoms with Gasteiger partial charge in [-0.15, -0.1) is 0 Å². The maximum atomic E-state index is 14.1. The lowest BCUT2D eigenvalue weighted by atomic mass is 10.2. The summed E-state index contributed by atoms with van der Waals surface area (Å²) >= 11 is 5.74. The zero-order chi connectivity index (χ0) is 15.1. The minimum atomic E-state index is -4.28. The molecule has 110 valence electrons. The lowest BCUT2D eigenvalue weighted by Crippen LogP contribution is -2.30. The monoisotopic (exact) mass is 320 g/mol. The summed E-state index contributed by atoms with van der Waals surface area (Å²) in [5, 5.41) is 4.85. The smallest absolute Gasteiger partial charge is 0.256 e. The Bertz CT molecular complexity index is 659. The largest absolute Gasteiger partial charge is 0.341 e. The van der Waals surface area contributed by atoms with E-state index in [1.165, 1.54) is 11.9 Å². The first-order chi connectivity index (χ1) is 9.20. The van der Waals surface area contributed by atoms with Crippen LogP contribution in [0.5, 0.6) is 0 Å². The summed E-state index contributed by atoms with van der Waals surface area (Å²) in [5.74, 6) is -1.34. The van der Waals surface area contributed by atoms with Gasteiger partial charge in [-0.25, -0.2) is 17.9 Å². The van der Waals surface area contributed by atoms with Crippen molar-refractivity contribution in [2.24, 2.45) is 11.1 Å². The number of amides is 1. The van der Waals surface area contributed by atoms with Crippen LogP contribution in [0.1, 0.15) is 23.2 Å². The Labute approximate surface area is 121 Å². The van der Waals surface area contributed by atoms with Gasteiger partial charge in [-0.2, -0.15) is 0 Å². The molecule has 0 bridgehead atoms. The van der Waals surface area contributed by atoms with Crippen molar-refractivity contribution in [1.82, 2.24) is 4.90 Å². The number of rotatable bonds is 4. The Morgan fingerprint density at radius 2 is 2.10 bits per heavy atom. The number of carbonyl (C=O) groups excluding carboxylic acids is 1. The van der Waals surface area contributed by atoms with Crippen LogP contribution in [-0.2, 0) is 10.0 Å². The highest BCUT2D eigenvalue weighted by Crippen LogP contribution is 2.30. The highest BCUT2D eigenvalue weighted by molar-refractivity contribution is 7.89. The highest BCUT2D eigenvalue weighted by Gasteiger charge is 2.28. The molecule has 0 saturated heterocycles. The van der Waals surface area contributed by atoms with Gasteiger partial charge in [0.1, 0.15) is 4.90 Å². The molecule has 0 aromatic heterocycles. The van der Waals surface area contributed by atoms with Gasteiger partial charge in [-0.1, -0.05) is 11.6 Å². The molecule has 5 nitrogen and oxygen atoms in total. The second-order valence-corrected chi connectivity index (χ2v) is 6.91. The highest BCUT2D eigenvalue weighted by atomic mass is 35.5. The van der Waals surface area contributed by atoms with E-state index in [9.17, 15) is 17.6 Å². The molecule has 20 heavy (non-hydrogen) atoms. The number of halogens is 2. The van der Waals surface area contributed by atoms with Crippen LogP contribution in [0, 0.1) is 11.7 Å². The summed E-state index contributed by atoms with van der Waals surface area (Å²) in [7, 11) is -2.74. The molecule has 1 aliphatic carbocycles. The lowest BCUT2D eigenvalue weighted by Gasteiger charge is -2.18. The molecule has 1 amide bonds. The molecule has 0 spiro atoms. The SMILES string of the molecule is CN(CC1CC1)C(=O)c1cc(Cl)cc(S(N)(=O)=O)c1F. The molecular weight excluding hydrogens is 307 g/mol. The number of nitrogens with two attached hydrogens (primary N) is 1. The Kier molecular flexibility index (Phi) is 4.04. The van der Waals surface area contributed by atoms with Crippen molar-refractivity contribution in [2.75, 3.05) is 13.6 Å². The maximum Gasteiger partial charge on any atom is 0.256 e. The van der Waals surface area contributed by atoms with Gasteiger partial charge in [0.05, 0.1) is 5.56 Å². The second kappa shape index (κ2) is 5.31. The number of sulfonamides is 1. The molecule has 1 fully saturated rings. The van der Waals surface area contributed by atoms with E-state index in [0.717, 1.165) is 25.0 Å². The van der Waals surface area contributed by atoms with Crippen LogP contribution in [0.3, 0.4) is 0 Å². The van der Waals surface area contributed by atoms with E-state index in [4.69, 9.17) is 16.7 Å². The van der Waals surface area contributed by atoms with Crippen molar-refractivity contribution < 1.29 is 17.6 Å². The summed E-state index contributed by atoms with van der Waals surface area (Å²) < 4.78 is 36.7. The molecule has 1 aromatic carbocycles. The van der Waals surface area contributed by atoms with Crippen molar-refractivity contribution in [3.8, 4) is 0 Å². The number of primary sulfonamides is 1. The summed E-state index contributed by atoms with van der Waals surface area (Å²) in [6, 6.07) is 2.00. The normalized spacial score (nSPS) is 15.2. The number of benzene rings is 1. The minimum absolute atomic E-state index is 0.0569. The van der Waals surface area contributed by atoms with Crippen LogP contribution in [0.4, 0.5) is 4.39 Å². The van der Waals surface area contributed by atoms with Gasteiger partial charge >= 0.3 is 0 Å². The van der Waals surface area contributed by atoms with Gasteiger partial charge in [0.2, 0.25) is 10.0 Å². The molecule has 2 rings (SSSR count). The summed E-state index contributed by atoms with van der Waals surface area (Å²) in [4.78, 5) is 12.7. The molecule has 1 aromatic rings. The van der Waals surface area contributed by atoms with E-state index >= 15 is 0 Å². The molecule has 0 atom stereocenters. The Morgan fingerprint density at radius 1 is 1.50 bits per heavy atom. The van der Waals surface area contributed by atoms with Crippen molar-refractivity contribution in [2.45, 2.75) is 17.7 Å². The summed E-state index contributed by atoms with van der Waals surface area (Å²) in [6.07, 6.45) is 2.08. The first kappa shape index (κ1) is 15.2. The van der Waals surface area contributed by atoms with E-state index in [1.54, 1.807) is 0 Å². The fourth-order valence-corrected chi connectivity index (χ4v) is 2.84. The van der Waals surface area contributed by atoms with Crippen molar-refractivity contribution in [3.05, 3.63) is 28.5 Å². The summed E-state index contributed by atoms with van der Waals surface area (Å²) in [5.41, 5.74) is -0.385. The molecule has 0 heterocycles. The van der Waals surface area contributed by atoms with Crippen LogP contribution >= 0.6 is 11.6 Å². The van der Waals surface area contributed by atoms with E-state index < -0.39 is 26.6 Å². The van der Waals surface area contributed by atoms with Crippen LogP contribution in [0.2, 0.25) is 5.02 Å². The molecular formula is C12H14ClFN2O3S. The fourth-order valence-electron chi connectivity index (χ4n) is 1.90. The second-order valence-electron chi connectivity index (χ2n) is 4.94. The number of hydrogen-bond acceptors (Lipinski definition) is 3. The van der Waals surface area contributed by atoms with Gasteiger partial charge in [0, 0.05) is 18.6 Å². The predicted molar refractivity (Wildman–Crippen MR) is 72.5 cm³/mol. The first-order valence-electron chi connectivity index (χ1n) is 5.97. The van der Waals surface area contributed by atoms with E-state index in [1.807, 2.05) is 0 Å². The van der Waals surface area contributed by atoms with Gasteiger partial charge < -0.3 is 4.90 Å². The Hall–Kier alpha value is -1.18. The molecule has 1 saturated carbocycles. The van der Waals surface area contributed by atoms with Crippen LogP contribution in [-0.4, -0.2) is 32.8 Å². The lowest BCUT2D eigenvalue weighted by molar-refractivity contribution is 0.0783. The summed E-state index contributed by atoms with van der Waals surface area (Å²) in [6.45, 7) is 0.509. The van der Waals surface area contributed by atoms with Crippen LogP contribution < -0.4 is 5.14 Å². The fraction of sp³-hybridized carbons (Fsp3) is 0.417. The van der Waals surface area contributed by atoms with E-state index in [0.29, 0.717) is 12.5 Å². The third-order valence-corrected chi connectivity index (χ3v) is 4.24. The average Bonchev–Trinajstić information content (AvgIpc) is 3.13. The first-order valence-corrected chi connectivity index (χ1v) is 7.90. The molecule has 0 aliphatic heterocycles. The van der Waals surface area contributed by atoms with Crippen molar-refractivity contribution in [1.29, 1.82) is 0 Å². The Balaban J connectivity index is 2.40. The molecule has 0 unspecified atom stereocenters. The number of nitrogens with zero attached hydrogens (tertiary/aromatic N) is 1. The Morgan fingerprint density at radius 3 is 2.60 bits per heavy atom. The number of carbonyl (C=O) groups is 1. The van der Waals surface area contributed by atoms with Crippen LogP contribution in [0.15, 0.2) is 17.0 Å². The molecule has 2 N–H and O–H groups in total. The zero-order valence-electron chi connectivity index (χ0n) is 10.8. The van der Waals surface area contributed by atoms with Gasteiger partial charge in [0.15, 0.2) is 5.82 Å². The topological polar surface area (TPSA) is 80.5 Å². The molecule has 8 heteroatoms. The predicted octanol–water partition coefficient (Wildman–Crippen LogP) is 1.61. The molecule has 1 aliphatic rings. The van der Waals surface area contributed by atoms with E-state index in [2.05, 4.69) is 0 Å². The quantitative estimate of drug-likeness (QED) is 0.915. The van der Waals surface area contributed by atoms with Gasteiger partial charge in [-0.05, 0) is 30.9 Å². The average molecular weight is 321 g/mol. The van der Waals surface area contributed by atoms with Crippen LogP contribution in [0.25, 0.3) is 0 Å². The number of hydrogen-bond donors (Lipinski definition) is 1. The third-order valence-electron chi connectivity index (χ3n) is 3.12. The van der Waals surface area contributed by atoms with E-state index in [-0.39, 0.29) is 10.6 Å². The molecule has 0 radical (unpaired) electrons. The minimum Gasteiger partial charge on any atom is -0.341 e. The zero-order valence-corrected chi connectivity index (χ0v) is 12.3. The van der Waals surface area contributed by atoms with Crippen molar-refractivity contribution >= 4 is 27.5 Å². The maximum absolute atomic E-state index is 14.1. The third kappa shape index (κ3) is 3.28.